The summed E-state index contributed by atoms with van der Waals surface area (Å²) in [5.41, 5.74) is 5.91. The fraction of sp³-hybridized carbons (Fsp3) is 0.320. The van der Waals surface area contributed by atoms with Gasteiger partial charge in [0.05, 0.1) is 6.10 Å². The van der Waals surface area contributed by atoms with Gasteiger partial charge in [-0.15, -0.1) is 0 Å². The number of benzene rings is 2. The van der Waals surface area contributed by atoms with E-state index in [1.54, 1.807) is 0 Å². The molecule has 0 aromatic heterocycles. The Morgan fingerprint density at radius 3 is 2.41 bits per heavy atom. The lowest BCUT2D eigenvalue weighted by Gasteiger charge is -2.45. The summed E-state index contributed by atoms with van der Waals surface area (Å²) in [4.78, 5) is 12.9. The third-order valence-corrected chi connectivity index (χ3v) is 6.33. The van der Waals surface area contributed by atoms with E-state index in [1.807, 2.05) is 31.2 Å². The summed E-state index contributed by atoms with van der Waals surface area (Å²) in [6.07, 6.45) is 4.99. The van der Waals surface area contributed by atoms with Crippen LogP contribution in [0.3, 0.4) is 0 Å². The average Bonchev–Trinajstić information content (AvgIpc) is 2.69. The molecule has 2 atom stereocenters. The first-order valence-corrected chi connectivity index (χ1v) is 9.78. The zero-order valence-corrected chi connectivity index (χ0v) is 16.0. The maximum Gasteiger partial charge on any atom is 0.184 e. The third-order valence-electron chi connectivity index (χ3n) is 6.33. The maximum atomic E-state index is 12.9. The van der Waals surface area contributed by atoms with E-state index in [1.165, 1.54) is 16.7 Å². The number of carbonyl (C=O) groups is 1. The van der Waals surface area contributed by atoms with Crippen molar-refractivity contribution in [3.8, 4) is 11.1 Å². The van der Waals surface area contributed by atoms with Gasteiger partial charge in [-0.05, 0) is 60.9 Å². The normalized spacial score (nSPS) is 27.0. The van der Waals surface area contributed by atoms with Crippen molar-refractivity contribution in [1.29, 1.82) is 0 Å². The van der Waals surface area contributed by atoms with E-state index in [0.717, 1.165) is 36.0 Å². The van der Waals surface area contributed by atoms with Crippen LogP contribution in [0.25, 0.3) is 17.2 Å². The maximum absolute atomic E-state index is 12.9. The van der Waals surface area contributed by atoms with Gasteiger partial charge in [0.15, 0.2) is 5.78 Å². The van der Waals surface area contributed by atoms with Crippen LogP contribution < -0.4 is 0 Å². The second-order valence-corrected chi connectivity index (χ2v) is 8.09. The Morgan fingerprint density at radius 1 is 1.04 bits per heavy atom. The molecule has 2 aliphatic rings. The summed E-state index contributed by atoms with van der Waals surface area (Å²) in [5, 5.41) is 10.6. The highest BCUT2D eigenvalue weighted by Crippen LogP contribution is 2.50. The van der Waals surface area contributed by atoms with Gasteiger partial charge >= 0.3 is 0 Å². The molecule has 0 saturated heterocycles. The van der Waals surface area contributed by atoms with E-state index in [9.17, 15) is 9.90 Å². The SMILES string of the molecule is CC1=C2CCC[C@H](O)[C@@]2(C)CC(=Cc2ccc(-c3ccccc3)cc2)C1=O. The number of hydrogen-bond donors (Lipinski definition) is 1. The Balaban J connectivity index is 1.66. The number of aliphatic hydroxyl groups is 1. The predicted octanol–water partition coefficient (Wildman–Crippen LogP) is 5.58. The summed E-state index contributed by atoms with van der Waals surface area (Å²) >= 11 is 0. The van der Waals surface area contributed by atoms with E-state index in [2.05, 4.69) is 43.3 Å². The molecule has 0 aliphatic heterocycles. The van der Waals surface area contributed by atoms with Gasteiger partial charge in [0, 0.05) is 11.0 Å². The van der Waals surface area contributed by atoms with Crippen LogP contribution in [0.1, 0.15) is 45.1 Å². The van der Waals surface area contributed by atoms with E-state index >= 15 is 0 Å². The molecule has 0 radical (unpaired) electrons. The quantitative estimate of drug-likeness (QED) is 0.712. The Bertz CT molecular complexity index is 919. The summed E-state index contributed by atoms with van der Waals surface area (Å²) in [5.74, 6) is 0.142. The van der Waals surface area contributed by atoms with Crippen molar-refractivity contribution < 1.29 is 9.90 Å². The number of aliphatic hydroxyl groups excluding tert-OH is 1. The second-order valence-electron chi connectivity index (χ2n) is 8.09. The first-order chi connectivity index (χ1) is 13.0. The molecular formula is C25H26O2. The lowest BCUT2D eigenvalue weighted by Crippen LogP contribution is -2.42. The molecule has 2 heteroatoms. The summed E-state index contributed by atoms with van der Waals surface area (Å²) < 4.78 is 0. The third kappa shape index (κ3) is 3.19. The Morgan fingerprint density at radius 2 is 1.70 bits per heavy atom. The molecule has 0 heterocycles. The molecule has 138 valence electrons. The number of Topliss-reactive ketones (excluding diaryl/α,β-unsaturated/α-hetero) is 1. The predicted molar refractivity (Wildman–Crippen MR) is 110 cm³/mol. The molecular weight excluding hydrogens is 332 g/mol. The standard InChI is InChI=1S/C25H26O2/c1-17-22-9-6-10-23(26)25(22,2)16-21(24(17)27)15-18-11-13-20(14-12-18)19-7-4-3-5-8-19/h3-5,7-8,11-15,23,26H,6,9-10,16H2,1-2H3/t23-,25-/m0/s1. The van der Waals surface area contributed by atoms with E-state index < -0.39 is 0 Å². The average molecular weight is 358 g/mol. The van der Waals surface area contributed by atoms with Crippen LogP contribution in [0.2, 0.25) is 0 Å². The Hall–Kier alpha value is -2.45. The highest BCUT2D eigenvalue weighted by molar-refractivity contribution is 6.12. The fourth-order valence-corrected chi connectivity index (χ4v) is 4.69. The molecule has 0 spiro atoms. The minimum atomic E-state index is -0.367. The second kappa shape index (κ2) is 6.94. The molecule has 2 aromatic rings. The Kier molecular flexibility index (Phi) is 4.61. The highest BCUT2D eigenvalue weighted by atomic mass is 16.3. The van der Waals surface area contributed by atoms with E-state index in [0.29, 0.717) is 6.42 Å². The first kappa shape index (κ1) is 17.9. The van der Waals surface area contributed by atoms with E-state index in [-0.39, 0.29) is 17.3 Å². The van der Waals surface area contributed by atoms with Crippen molar-refractivity contribution in [3.05, 3.63) is 76.9 Å². The van der Waals surface area contributed by atoms with Gasteiger partial charge in [0.2, 0.25) is 0 Å². The topological polar surface area (TPSA) is 37.3 Å². The summed E-state index contributed by atoms with van der Waals surface area (Å²) in [6.45, 7) is 4.05. The van der Waals surface area contributed by atoms with Crippen LogP contribution in [0.5, 0.6) is 0 Å². The number of allylic oxidation sites excluding steroid dienone is 2. The van der Waals surface area contributed by atoms with Gasteiger partial charge in [0.25, 0.3) is 0 Å². The zero-order chi connectivity index (χ0) is 19.0. The van der Waals surface area contributed by atoms with Crippen LogP contribution >= 0.6 is 0 Å². The van der Waals surface area contributed by atoms with Gasteiger partial charge in [-0.3, -0.25) is 4.79 Å². The van der Waals surface area contributed by atoms with Crippen molar-refractivity contribution in [1.82, 2.24) is 0 Å². The van der Waals surface area contributed by atoms with Crippen molar-refractivity contribution in [2.75, 3.05) is 0 Å². The minimum Gasteiger partial charge on any atom is -0.392 e. The molecule has 0 amide bonds. The molecule has 2 aromatic carbocycles. The van der Waals surface area contributed by atoms with Crippen molar-refractivity contribution >= 4 is 11.9 Å². The van der Waals surface area contributed by atoms with Gasteiger partial charge in [-0.2, -0.15) is 0 Å². The molecule has 0 bridgehead atoms. The zero-order valence-electron chi connectivity index (χ0n) is 16.0. The van der Waals surface area contributed by atoms with Gasteiger partial charge in [0.1, 0.15) is 0 Å². The summed E-state index contributed by atoms with van der Waals surface area (Å²) in [6, 6.07) is 18.6. The first-order valence-electron chi connectivity index (χ1n) is 9.78. The van der Waals surface area contributed by atoms with Crippen LogP contribution in [-0.4, -0.2) is 17.0 Å². The van der Waals surface area contributed by atoms with Crippen molar-refractivity contribution in [2.24, 2.45) is 5.41 Å². The van der Waals surface area contributed by atoms with Gasteiger partial charge in [-0.1, -0.05) is 67.1 Å². The molecule has 1 N–H and O–H groups in total. The smallest absolute Gasteiger partial charge is 0.184 e. The molecule has 1 fully saturated rings. The fourth-order valence-electron chi connectivity index (χ4n) is 4.69. The van der Waals surface area contributed by atoms with Crippen LogP contribution in [0.4, 0.5) is 0 Å². The van der Waals surface area contributed by atoms with Crippen molar-refractivity contribution in [3.63, 3.8) is 0 Å². The molecule has 2 aliphatic carbocycles. The van der Waals surface area contributed by atoms with Crippen molar-refractivity contribution in [2.45, 2.75) is 45.6 Å². The van der Waals surface area contributed by atoms with Crippen LogP contribution in [0, 0.1) is 5.41 Å². The molecule has 2 nitrogen and oxygen atoms in total. The van der Waals surface area contributed by atoms with Crippen LogP contribution in [0.15, 0.2) is 71.3 Å². The number of rotatable bonds is 2. The molecule has 4 rings (SSSR count). The number of fused-ring (bicyclic) bond motifs is 1. The molecule has 0 unspecified atom stereocenters. The van der Waals surface area contributed by atoms with Gasteiger partial charge < -0.3 is 5.11 Å². The summed E-state index contributed by atoms with van der Waals surface area (Å²) in [7, 11) is 0. The monoisotopic (exact) mass is 358 g/mol. The Labute approximate surface area is 161 Å². The molecule has 27 heavy (non-hydrogen) atoms. The van der Waals surface area contributed by atoms with E-state index in [4.69, 9.17) is 0 Å². The lowest BCUT2D eigenvalue weighted by molar-refractivity contribution is -0.113. The van der Waals surface area contributed by atoms with Crippen LogP contribution in [-0.2, 0) is 4.79 Å². The largest absolute Gasteiger partial charge is 0.392 e. The molecule has 1 saturated carbocycles. The number of carbonyl (C=O) groups excluding carboxylic acids is 1. The number of hydrogen-bond acceptors (Lipinski definition) is 2. The van der Waals surface area contributed by atoms with Gasteiger partial charge in [-0.25, -0.2) is 0 Å². The minimum absolute atomic E-state index is 0.142. The lowest BCUT2D eigenvalue weighted by atomic mass is 9.61. The number of ketones is 1. The highest BCUT2D eigenvalue weighted by Gasteiger charge is 2.45.